The topological polar surface area (TPSA) is 58.6 Å². The molecule has 0 unspecified atom stereocenters. The third-order valence-corrected chi connectivity index (χ3v) is 2.84. The highest BCUT2D eigenvalue weighted by Crippen LogP contribution is 2.23. The monoisotopic (exact) mass is 228 g/mol. The molecule has 1 fully saturated rings. The molecule has 92 valence electrons. The van der Waals surface area contributed by atoms with E-state index in [4.69, 9.17) is 4.74 Å². The van der Waals surface area contributed by atoms with Crippen LogP contribution in [0.5, 0.6) is 0 Å². The molecule has 0 aliphatic carbocycles. The molecule has 16 heavy (non-hydrogen) atoms. The molecule has 2 amide bonds. The van der Waals surface area contributed by atoms with Gasteiger partial charge in [-0.05, 0) is 6.42 Å². The third-order valence-electron chi connectivity index (χ3n) is 2.84. The van der Waals surface area contributed by atoms with Crippen molar-refractivity contribution in [1.29, 1.82) is 0 Å². The van der Waals surface area contributed by atoms with Gasteiger partial charge in [0.25, 0.3) is 0 Å². The lowest BCUT2D eigenvalue weighted by Crippen LogP contribution is -2.53. The van der Waals surface area contributed by atoms with Crippen LogP contribution in [0.1, 0.15) is 20.3 Å². The number of rotatable bonds is 4. The molecule has 1 rings (SSSR count). The van der Waals surface area contributed by atoms with Crippen LogP contribution < -0.4 is 5.32 Å². The van der Waals surface area contributed by atoms with Gasteiger partial charge in [0.1, 0.15) is 0 Å². The Kier molecular flexibility index (Phi) is 4.29. The van der Waals surface area contributed by atoms with E-state index in [1.54, 1.807) is 12.0 Å². The number of carbonyl (C=O) groups excluding carboxylic acids is 2. The molecular formula is C11H20N2O3. The molecule has 1 heterocycles. The van der Waals surface area contributed by atoms with E-state index in [9.17, 15) is 9.59 Å². The fourth-order valence-corrected chi connectivity index (χ4v) is 1.70. The fourth-order valence-electron chi connectivity index (χ4n) is 1.70. The summed E-state index contributed by atoms with van der Waals surface area (Å²) in [5.41, 5.74) is -0.465. The van der Waals surface area contributed by atoms with Gasteiger partial charge in [-0.25, -0.2) is 0 Å². The van der Waals surface area contributed by atoms with E-state index < -0.39 is 5.41 Å². The summed E-state index contributed by atoms with van der Waals surface area (Å²) in [6, 6.07) is 0. The van der Waals surface area contributed by atoms with Crippen molar-refractivity contribution in [3.05, 3.63) is 0 Å². The van der Waals surface area contributed by atoms with Crippen molar-refractivity contribution in [3.63, 3.8) is 0 Å². The van der Waals surface area contributed by atoms with Gasteiger partial charge >= 0.3 is 0 Å². The second kappa shape index (κ2) is 5.30. The Hall–Kier alpha value is -1.10. The summed E-state index contributed by atoms with van der Waals surface area (Å²) in [7, 11) is 1.62. The number of hydrogen-bond acceptors (Lipinski definition) is 3. The Labute approximate surface area is 96.1 Å². The molecular weight excluding hydrogens is 208 g/mol. The van der Waals surface area contributed by atoms with E-state index in [1.807, 2.05) is 13.8 Å². The number of carbonyl (C=O) groups is 2. The molecule has 0 atom stereocenters. The van der Waals surface area contributed by atoms with Crippen LogP contribution in [0.3, 0.4) is 0 Å². The fraction of sp³-hybridized carbons (Fsp3) is 0.818. The average Bonchev–Trinajstić information content (AvgIpc) is 2.25. The van der Waals surface area contributed by atoms with E-state index in [2.05, 4.69) is 5.32 Å². The van der Waals surface area contributed by atoms with Gasteiger partial charge in [0, 0.05) is 32.2 Å². The SMILES string of the molecule is COCCC(C)(C)C(=O)N1CCNC(=O)C1. The minimum atomic E-state index is -0.465. The zero-order valence-corrected chi connectivity index (χ0v) is 10.2. The van der Waals surface area contributed by atoms with Crippen LogP contribution >= 0.6 is 0 Å². The molecule has 0 spiro atoms. The predicted octanol–water partition coefficient (Wildman–Crippen LogP) is 0.00750. The highest BCUT2D eigenvalue weighted by Gasteiger charge is 2.33. The standard InChI is InChI=1S/C11H20N2O3/c1-11(2,4-7-16-3)10(15)13-6-5-12-9(14)8-13/h4-8H2,1-3H3,(H,12,14). The largest absolute Gasteiger partial charge is 0.385 e. The summed E-state index contributed by atoms with van der Waals surface area (Å²) in [4.78, 5) is 25.0. The molecule has 5 nitrogen and oxygen atoms in total. The Morgan fingerprint density at radius 3 is 2.81 bits per heavy atom. The molecule has 0 bridgehead atoms. The molecule has 0 aromatic carbocycles. The van der Waals surface area contributed by atoms with Crippen molar-refractivity contribution in [2.45, 2.75) is 20.3 Å². The van der Waals surface area contributed by atoms with Crippen molar-refractivity contribution in [1.82, 2.24) is 10.2 Å². The maximum Gasteiger partial charge on any atom is 0.239 e. The van der Waals surface area contributed by atoms with E-state index in [-0.39, 0.29) is 18.4 Å². The normalized spacial score (nSPS) is 17.2. The van der Waals surface area contributed by atoms with Crippen LogP contribution in [-0.4, -0.2) is 50.1 Å². The van der Waals surface area contributed by atoms with Crippen LogP contribution in [-0.2, 0) is 14.3 Å². The van der Waals surface area contributed by atoms with Gasteiger partial charge in [0.2, 0.25) is 11.8 Å². The van der Waals surface area contributed by atoms with Gasteiger partial charge in [-0.15, -0.1) is 0 Å². The third kappa shape index (κ3) is 3.20. The molecule has 0 radical (unpaired) electrons. The lowest BCUT2D eigenvalue weighted by atomic mass is 9.87. The molecule has 5 heteroatoms. The van der Waals surface area contributed by atoms with Crippen molar-refractivity contribution >= 4 is 11.8 Å². The van der Waals surface area contributed by atoms with E-state index in [0.29, 0.717) is 26.1 Å². The molecule has 0 saturated carbocycles. The van der Waals surface area contributed by atoms with Gasteiger partial charge in [-0.1, -0.05) is 13.8 Å². The Bertz CT molecular complexity index is 276. The van der Waals surface area contributed by atoms with Crippen LogP contribution in [0.4, 0.5) is 0 Å². The second-order valence-electron chi connectivity index (χ2n) is 4.70. The van der Waals surface area contributed by atoms with E-state index >= 15 is 0 Å². The van der Waals surface area contributed by atoms with Crippen molar-refractivity contribution in [3.8, 4) is 0 Å². The first-order valence-electron chi connectivity index (χ1n) is 5.52. The lowest BCUT2D eigenvalue weighted by molar-refractivity contribution is -0.146. The lowest BCUT2D eigenvalue weighted by Gasteiger charge is -2.33. The van der Waals surface area contributed by atoms with Crippen molar-refractivity contribution in [2.24, 2.45) is 5.41 Å². The first kappa shape index (κ1) is 13.0. The Morgan fingerprint density at radius 1 is 1.56 bits per heavy atom. The van der Waals surface area contributed by atoms with Crippen LogP contribution in [0.15, 0.2) is 0 Å². The van der Waals surface area contributed by atoms with Gasteiger partial charge in [0.15, 0.2) is 0 Å². The Balaban J connectivity index is 2.57. The molecule has 1 saturated heterocycles. The van der Waals surface area contributed by atoms with Gasteiger partial charge in [-0.3, -0.25) is 9.59 Å². The maximum atomic E-state index is 12.2. The number of nitrogens with one attached hydrogen (secondary N) is 1. The van der Waals surface area contributed by atoms with Crippen molar-refractivity contribution in [2.75, 3.05) is 33.4 Å². The summed E-state index contributed by atoms with van der Waals surface area (Å²) in [5.74, 6) is -0.0541. The average molecular weight is 228 g/mol. The second-order valence-corrected chi connectivity index (χ2v) is 4.70. The maximum absolute atomic E-state index is 12.2. The number of methoxy groups -OCH3 is 1. The minimum absolute atomic E-state index is 0.0272. The van der Waals surface area contributed by atoms with Gasteiger partial charge < -0.3 is 15.0 Å². The van der Waals surface area contributed by atoms with Gasteiger partial charge in [-0.2, -0.15) is 0 Å². The number of piperazine rings is 1. The number of amides is 2. The predicted molar refractivity (Wildman–Crippen MR) is 59.9 cm³/mol. The molecule has 1 N–H and O–H groups in total. The summed E-state index contributed by atoms with van der Waals surface area (Å²) >= 11 is 0. The number of hydrogen-bond donors (Lipinski definition) is 1. The summed E-state index contributed by atoms with van der Waals surface area (Å²) in [6.07, 6.45) is 0.667. The summed E-state index contributed by atoms with van der Waals surface area (Å²) in [6.45, 7) is 5.65. The highest BCUT2D eigenvalue weighted by atomic mass is 16.5. The van der Waals surface area contributed by atoms with Crippen LogP contribution in [0.25, 0.3) is 0 Å². The van der Waals surface area contributed by atoms with E-state index in [1.165, 1.54) is 0 Å². The zero-order valence-electron chi connectivity index (χ0n) is 10.2. The molecule has 0 aromatic rings. The number of ether oxygens (including phenoxy) is 1. The highest BCUT2D eigenvalue weighted by molar-refractivity contribution is 5.88. The first-order chi connectivity index (χ1) is 7.47. The van der Waals surface area contributed by atoms with Crippen LogP contribution in [0, 0.1) is 5.41 Å². The first-order valence-corrected chi connectivity index (χ1v) is 5.52. The summed E-state index contributed by atoms with van der Waals surface area (Å²) in [5, 5.41) is 2.70. The van der Waals surface area contributed by atoms with Crippen molar-refractivity contribution < 1.29 is 14.3 Å². The van der Waals surface area contributed by atoms with Gasteiger partial charge in [0.05, 0.1) is 6.54 Å². The molecule has 0 aromatic heterocycles. The summed E-state index contributed by atoms with van der Waals surface area (Å²) < 4.78 is 4.99. The van der Waals surface area contributed by atoms with Crippen LogP contribution in [0.2, 0.25) is 0 Å². The van der Waals surface area contributed by atoms with E-state index in [0.717, 1.165) is 0 Å². The smallest absolute Gasteiger partial charge is 0.239 e. The zero-order chi connectivity index (χ0) is 12.2. The minimum Gasteiger partial charge on any atom is -0.385 e. The number of nitrogens with zero attached hydrogens (tertiary/aromatic N) is 1. The molecule has 1 aliphatic rings. The quantitative estimate of drug-likeness (QED) is 0.737. The molecule has 1 aliphatic heterocycles. The Morgan fingerprint density at radius 2 is 2.25 bits per heavy atom.